The van der Waals surface area contributed by atoms with Crippen LogP contribution in [-0.4, -0.2) is 41.9 Å². The Morgan fingerprint density at radius 3 is 2.65 bits per heavy atom. The first-order valence-electron chi connectivity index (χ1n) is 5.58. The molecule has 1 aliphatic heterocycles. The number of ether oxygens (including phenoxy) is 1. The summed E-state index contributed by atoms with van der Waals surface area (Å²) < 4.78 is 5.08. The van der Waals surface area contributed by atoms with Crippen LogP contribution >= 0.6 is 0 Å². The fraction of sp³-hybridized carbons (Fsp3) is 0.727. The molecule has 6 heteroatoms. The highest BCUT2D eigenvalue weighted by Gasteiger charge is 2.20. The van der Waals surface area contributed by atoms with Crippen molar-refractivity contribution >= 4 is 17.7 Å². The van der Waals surface area contributed by atoms with Crippen molar-refractivity contribution in [3.8, 4) is 0 Å². The molecule has 0 atom stereocenters. The first-order valence-corrected chi connectivity index (χ1v) is 5.58. The second-order valence-corrected chi connectivity index (χ2v) is 4.94. The highest BCUT2D eigenvalue weighted by molar-refractivity contribution is 6.04. The number of hydrazone groups is 1. The Hall–Kier alpha value is -1.59. The van der Waals surface area contributed by atoms with E-state index in [0.717, 1.165) is 5.71 Å². The van der Waals surface area contributed by atoms with Crippen molar-refractivity contribution in [1.29, 1.82) is 0 Å². The van der Waals surface area contributed by atoms with Crippen LogP contribution in [0, 0.1) is 0 Å². The van der Waals surface area contributed by atoms with Gasteiger partial charge < -0.3 is 10.1 Å². The monoisotopic (exact) mass is 241 g/mol. The van der Waals surface area contributed by atoms with Crippen LogP contribution in [-0.2, 0) is 9.53 Å². The Bertz CT molecular complexity index is 344. The molecule has 0 spiro atoms. The Morgan fingerprint density at radius 1 is 1.53 bits per heavy atom. The topological polar surface area (TPSA) is 71.0 Å². The van der Waals surface area contributed by atoms with Gasteiger partial charge in [-0.05, 0) is 20.8 Å². The lowest BCUT2D eigenvalue weighted by Gasteiger charge is -2.19. The number of amides is 2. The van der Waals surface area contributed by atoms with Crippen molar-refractivity contribution in [2.24, 2.45) is 5.10 Å². The van der Waals surface area contributed by atoms with Crippen molar-refractivity contribution in [1.82, 2.24) is 10.3 Å². The molecule has 0 saturated carbocycles. The van der Waals surface area contributed by atoms with Gasteiger partial charge in [-0.25, -0.2) is 9.80 Å². The minimum absolute atomic E-state index is 0.0164. The van der Waals surface area contributed by atoms with Crippen LogP contribution < -0.4 is 5.32 Å². The summed E-state index contributed by atoms with van der Waals surface area (Å²) in [6.07, 6.45) is 0.456. The molecule has 17 heavy (non-hydrogen) atoms. The zero-order valence-corrected chi connectivity index (χ0v) is 10.7. The molecular weight excluding hydrogens is 222 g/mol. The molecule has 1 heterocycles. The molecule has 0 aliphatic carbocycles. The van der Waals surface area contributed by atoms with E-state index >= 15 is 0 Å². The molecule has 0 saturated heterocycles. The molecule has 0 radical (unpaired) electrons. The van der Waals surface area contributed by atoms with Crippen LogP contribution in [0.25, 0.3) is 0 Å². The van der Waals surface area contributed by atoms with E-state index in [9.17, 15) is 9.59 Å². The lowest BCUT2D eigenvalue weighted by Crippen LogP contribution is -2.33. The summed E-state index contributed by atoms with van der Waals surface area (Å²) in [5.74, 6) is -0.0164. The molecule has 1 aliphatic rings. The zero-order valence-electron chi connectivity index (χ0n) is 10.7. The SMILES string of the molecule is CN1N=C(CCNC(=O)OC(C)(C)C)CC1=O. The van der Waals surface area contributed by atoms with Crippen LogP contribution in [0.2, 0.25) is 0 Å². The third-order valence-corrected chi connectivity index (χ3v) is 2.09. The molecule has 0 unspecified atom stereocenters. The van der Waals surface area contributed by atoms with Gasteiger partial charge in [-0.1, -0.05) is 0 Å². The van der Waals surface area contributed by atoms with Gasteiger partial charge in [-0.2, -0.15) is 5.10 Å². The summed E-state index contributed by atoms with van der Waals surface area (Å²) in [6, 6.07) is 0. The molecular formula is C11H19N3O3. The Kier molecular flexibility index (Phi) is 4.09. The largest absolute Gasteiger partial charge is 0.444 e. The van der Waals surface area contributed by atoms with Gasteiger partial charge in [0.2, 0.25) is 5.91 Å². The number of rotatable bonds is 3. The minimum Gasteiger partial charge on any atom is -0.444 e. The number of carbonyl (C=O) groups is 2. The van der Waals surface area contributed by atoms with E-state index in [0.29, 0.717) is 19.4 Å². The van der Waals surface area contributed by atoms with Crippen molar-refractivity contribution < 1.29 is 14.3 Å². The van der Waals surface area contributed by atoms with Crippen molar-refractivity contribution in [3.63, 3.8) is 0 Å². The molecule has 0 fully saturated rings. The van der Waals surface area contributed by atoms with Gasteiger partial charge in [0.25, 0.3) is 0 Å². The maximum absolute atomic E-state index is 11.3. The highest BCUT2D eigenvalue weighted by atomic mass is 16.6. The zero-order chi connectivity index (χ0) is 13.1. The number of alkyl carbamates (subject to hydrolysis) is 1. The quantitative estimate of drug-likeness (QED) is 0.804. The van der Waals surface area contributed by atoms with Gasteiger partial charge in [0, 0.05) is 25.7 Å². The second-order valence-electron chi connectivity index (χ2n) is 4.94. The second kappa shape index (κ2) is 5.16. The van der Waals surface area contributed by atoms with Gasteiger partial charge in [0.1, 0.15) is 5.60 Å². The van der Waals surface area contributed by atoms with Crippen molar-refractivity contribution in [3.05, 3.63) is 0 Å². The van der Waals surface area contributed by atoms with Crippen LogP contribution in [0.5, 0.6) is 0 Å². The number of nitrogens with zero attached hydrogens (tertiary/aromatic N) is 2. The van der Waals surface area contributed by atoms with Crippen LogP contribution in [0.15, 0.2) is 5.10 Å². The normalized spacial score (nSPS) is 15.9. The lowest BCUT2D eigenvalue weighted by molar-refractivity contribution is -0.127. The number of nitrogens with one attached hydrogen (secondary N) is 1. The number of hydrogen-bond acceptors (Lipinski definition) is 4. The van der Waals surface area contributed by atoms with E-state index in [4.69, 9.17) is 4.74 Å². The summed E-state index contributed by atoms with van der Waals surface area (Å²) in [6.45, 7) is 5.85. The van der Waals surface area contributed by atoms with Gasteiger partial charge in [-0.3, -0.25) is 4.79 Å². The van der Waals surface area contributed by atoms with E-state index < -0.39 is 11.7 Å². The molecule has 96 valence electrons. The Labute approximate surface area is 101 Å². The van der Waals surface area contributed by atoms with E-state index in [1.54, 1.807) is 27.8 Å². The fourth-order valence-electron chi connectivity index (χ4n) is 1.35. The lowest BCUT2D eigenvalue weighted by atomic mass is 10.2. The molecule has 0 aromatic carbocycles. The van der Waals surface area contributed by atoms with Gasteiger partial charge >= 0.3 is 6.09 Å². The minimum atomic E-state index is -0.495. The molecule has 0 aromatic rings. The number of carbonyl (C=O) groups excluding carboxylic acids is 2. The van der Waals surface area contributed by atoms with Gasteiger partial charge in [-0.15, -0.1) is 0 Å². The molecule has 2 amide bonds. The maximum Gasteiger partial charge on any atom is 0.407 e. The number of hydrogen-bond donors (Lipinski definition) is 1. The summed E-state index contributed by atoms with van der Waals surface area (Å²) in [4.78, 5) is 22.5. The summed E-state index contributed by atoms with van der Waals surface area (Å²) in [5.41, 5.74) is 0.291. The average Bonchev–Trinajstić information content (AvgIpc) is 2.43. The van der Waals surface area contributed by atoms with Crippen molar-refractivity contribution in [2.45, 2.75) is 39.2 Å². The van der Waals surface area contributed by atoms with Crippen molar-refractivity contribution in [2.75, 3.05) is 13.6 Å². The Balaban J connectivity index is 2.23. The summed E-state index contributed by atoms with van der Waals surface area (Å²) >= 11 is 0. The predicted molar refractivity (Wildman–Crippen MR) is 63.7 cm³/mol. The first-order chi connectivity index (χ1) is 7.78. The third kappa shape index (κ3) is 4.84. The van der Waals surface area contributed by atoms with Crippen LogP contribution in [0.1, 0.15) is 33.6 Å². The fourth-order valence-corrected chi connectivity index (χ4v) is 1.35. The van der Waals surface area contributed by atoms with E-state index in [1.807, 2.05) is 0 Å². The van der Waals surface area contributed by atoms with Crippen LogP contribution in [0.3, 0.4) is 0 Å². The molecule has 1 rings (SSSR count). The predicted octanol–water partition coefficient (Wildman–Crippen LogP) is 1.12. The van der Waals surface area contributed by atoms with Gasteiger partial charge in [0.15, 0.2) is 0 Å². The summed E-state index contributed by atoms with van der Waals surface area (Å²) in [7, 11) is 1.62. The van der Waals surface area contributed by atoms with E-state index in [2.05, 4.69) is 10.4 Å². The highest BCUT2D eigenvalue weighted by Crippen LogP contribution is 2.08. The third-order valence-electron chi connectivity index (χ3n) is 2.09. The summed E-state index contributed by atoms with van der Waals surface area (Å²) in [5, 5.41) is 8.00. The molecule has 0 bridgehead atoms. The Morgan fingerprint density at radius 2 is 2.18 bits per heavy atom. The first kappa shape index (κ1) is 13.5. The smallest absolute Gasteiger partial charge is 0.407 e. The van der Waals surface area contributed by atoms with E-state index in [-0.39, 0.29) is 5.91 Å². The average molecular weight is 241 g/mol. The van der Waals surface area contributed by atoms with Gasteiger partial charge in [0.05, 0.1) is 6.42 Å². The standard InChI is InChI=1S/C11H19N3O3/c1-11(2,3)17-10(16)12-6-5-8-7-9(15)14(4)13-8/h5-7H2,1-4H3,(H,12,16). The van der Waals surface area contributed by atoms with E-state index in [1.165, 1.54) is 5.01 Å². The van der Waals surface area contributed by atoms with Crippen LogP contribution in [0.4, 0.5) is 4.79 Å². The maximum atomic E-state index is 11.3. The molecule has 0 aromatic heterocycles. The molecule has 1 N–H and O–H groups in total. The molecule has 6 nitrogen and oxygen atoms in total.